The van der Waals surface area contributed by atoms with Crippen LogP contribution in [-0.4, -0.2) is 11.0 Å². The average molecular weight is 269 g/mol. The van der Waals surface area contributed by atoms with E-state index >= 15 is 0 Å². The zero-order valence-corrected chi connectivity index (χ0v) is 10.9. The molecule has 0 bridgehead atoms. The summed E-state index contributed by atoms with van der Waals surface area (Å²) in [5.41, 5.74) is 7.08. The summed E-state index contributed by atoms with van der Waals surface area (Å²) in [6.45, 7) is 1.96. The summed E-state index contributed by atoms with van der Waals surface area (Å²) in [5.74, 6) is 0. The summed E-state index contributed by atoms with van der Waals surface area (Å²) in [6, 6.07) is 7.68. The molecule has 1 aromatic heterocycles. The lowest BCUT2D eigenvalue weighted by Gasteiger charge is -2.19. The molecule has 0 saturated carbocycles. The summed E-state index contributed by atoms with van der Waals surface area (Å²) >= 11 is 7.49. The van der Waals surface area contributed by atoms with E-state index in [4.69, 9.17) is 21.8 Å². The van der Waals surface area contributed by atoms with Crippen molar-refractivity contribution in [1.82, 2.24) is 4.98 Å². The molecule has 0 spiro atoms. The standard InChI is InChI=1S/C12H13ClN2OS/c1-8(14)11(17-12-15-5-6-16-12)9-3-2-4-10(13)7-9/h2-8,11H,14H2,1H3. The predicted octanol–water partition coefficient (Wildman–Crippen LogP) is 3.51. The third kappa shape index (κ3) is 3.25. The van der Waals surface area contributed by atoms with E-state index < -0.39 is 0 Å². The largest absolute Gasteiger partial charge is 0.440 e. The molecular weight excluding hydrogens is 256 g/mol. The molecule has 2 N–H and O–H groups in total. The summed E-state index contributed by atoms with van der Waals surface area (Å²) < 4.78 is 5.23. The van der Waals surface area contributed by atoms with Crippen LogP contribution in [0.1, 0.15) is 17.7 Å². The topological polar surface area (TPSA) is 52.0 Å². The lowest BCUT2D eigenvalue weighted by atomic mass is 10.1. The van der Waals surface area contributed by atoms with Gasteiger partial charge in [-0.05, 0) is 24.6 Å². The fourth-order valence-corrected chi connectivity index (χ4v) is 2.69. The Balaban J connectivity index is 2.23. The van der Waals surface area contributed by atoms with Gasteiger partial charge in [0.2, 0.25) is 0 Å². The number of nitrogens with zero attached hydrogens (tertiary/aromatic N) is 1. The van der Waals surface area contributed by atoms with Gasteiger partial charge in [-0.25, -0.2) is 4.98 Å². The van der Waals surface area contributed by atoms with Crippen LogP contribution in [-0.2, 0) is 0 Å². The number of aromatic nitrogens is 1. The molecule has 0 radical (unpaired) electrons. The molecule has 2 atom stereocenters. The van der Waals surface area contributed by atoms with Crippen molar-refractivity contribution in [2.24, 2.45) is 5.73 Å². The smallest absolute Gasteiger partial charge is 0.256 e. The normalized spacial score (nSPS) is 14.5. The van der Waals surface area contributed by atoms with Crippen LogP contribution in [0.3, 0.4) is 0 Å². The van der Waals surface area contributed by atoms with Gasteiger partial charge < -0.3 is 10.2 Å². The van der Waals surface area contributed by atoms with Crippen LogP contribution >= 0.6 is 23.4 Å². The third-order valence-electron chi connectivity index (χ3n) is 2.29. The Morgan fingerprint density at radius 1 is 1.47 bits per heavy atom. The van der Waals surface area contributed by atoms with Crippen molar-refractivity contribution in [3.05, 3.63) is 47.3 Å². The van der Waals surface area contributed by atoms with Crippen molar-refractivity contribution in [3.63, 3.8) is 0 Å². The average Bonchev–Trinajstić information content (AvgIpc) is 2.78. The monoisotopic (exact) mass is 268 g/mol. The van der Waals surface area contributed by atoms with Gasteiger partial charge in [0.1, 0.15) is 6.26 Å². The van der Waals surface area contributed by atoms with Gasteiger partial charge in [0.15, 0.2) is 0 Å². The van der Waals surface area contributed by atoms with Gasteiger partial charge in [0.05, 0.1) is 11.4 Å². The second-order valence-corrected chi connectivity index (χ2v) is 5.28. The highest BCUT2D eigenvalue weighted by Crippen LogP contribution is 2.36. The Morgan fingerprint density at radius 3 is 2.88 bits per heavy atom. The predicted molar refractivity (Wildman–Crippen MR) is 70.2 cm³/mol. The maximum atomic E-state index is 6.00. The fraction of sp³-hybridized carbons (Fsp3) is 0.250. The van der Waals surface area contributed by atoms with E-state index in [2.05, 4.69) is 4.98 Å². The summed E-state index contributed by atoms with van der Waals surface area (Å²) in [7, 11) is 0. The molecule has 0 amide bonds. The van der Waals surface area contributed by atoms with E-state index in [9.17, 15) is 0 Å². The van der Waals surface area contributed by atoms with E-state index in [0.717, 1.165) is 5.56 Å². The lowest BCUT2D eigenvalue weighted by Crippen LogP contribution is -2.22. The van der Waals surface area contributed by atoms with E-state index in [1.165, 1.54) is 11.8 Å². The first-order chi connectivity index (χ1) is 8.16. The van der Waals surface area contributed by atoms with Crippen LogP contribution in [0.5, 0.6) is 0 Å². The van der Waals surface area contributed by atoms with Crippen LogP contribution in [0.15, 0.2) is 46.4 Å². The Bertz CT molecular complexity index is 473. The van der Waals surface area contributed by atoms with E-state index in [1.54, 1.807) is 12.5 Å². The van der Waals surface area contributed by atoms with E-state index in [-0.39, 0.29) is 11.3 Å². The Kier molecular flexibility index (Phi) is 4.10. The first-order valence-electron chi connectivity index (χ1n) is 5.24. The molecule has 3 nitrogen and oxygen atoms in total. The molecule has 0 aliphatic rings. The highest BCUT2D eigenvalue weighted by molar-refractivity contribution is 7.99. The summed E-state index contributed by atoms with van der Waals surface area (Å²) in [6.07, 6.45) is 3.18. The molecule has 2 aromatic rings. The molecule has 17 heavy (non-hydrogen) atoms. The van der Waals surface area contributed by atoms with Crippen LogP contribution in [0, 0.1) is 0 Å². The number of halogens is 1. The minimum Gasteiger partial charge on any atom is -0.440 e. The quantitative estimate of drug-likeness (QED) is 0.862. The molecular formula is C12H13ClN2OS. The van der Waals surface area contributed by atoms with Crippen molar-refractivity contribution in [2.45, 2.75) is 23.4 Å². The third-order valence-corrected chi connectivity index (χ3v) is 3.89. The number of oxazole rings is 1. The highest BCUT2D eigenvalue weighted by Gasteiger charge is 2.20. The number of rotatable bonds is 4. The molecule has 0 aliphatic heterocycles. The molecule has 0 fully saturated rings. The molecule has 2 unspecified atom stereocenters. The Morgan fingerprint density at radius 2 is 2.29 bits per heavy atom. The first kappa shape index (κ1) is 12.5. The number of nitrogens with two attached hydrogens (primary N) is 1. The number of hydrogen-bond donors (Lipinski definition) is 1. The highest BCUT2D eigenvalue weighted by atomic mass is 35.5. The minimum absolute atomic E-state index is 0.0228. The zero-order chi connectivity index (χ0) is 12.3. The Labute approximate surface area is 109 Å². The van der Waals surface area contributed by atoms with Crippen LogP contribution < -0.4 is 5.73 Å². The van der Waals surface area contributed by atoms with Gasteiger partial charge in [-0.15, -0.1) is 0 Å². The van der Waals surface area contributed by atoms with Crippen molar-refractivity contribution in [1.29, 1.82) is 0 Å². The second-order valence-electron chi connectivity index (χ2n) is 3.75. The first-order valence-corrected chi connectivity index (χ1v) is 6.50. The molecule has 0 aliphatic carbocycles. The van der Waals surface area contributed by atoms with Crippen LogP contribution in [0.4, 0.5) is 0 Å². The summed E-state index contributed by atoms with van der Waals surface area (Å²) in [4.78, 5) is 4.09. The molecule has 1 aromatic carbocycles. The molecule has 0 saturated heterocycles. The van der Waals surface area contributed by atoms with Gasteiger partial charge in [-0.1, -0.05) is 35.5 Å². The van der Waals surface area contributed by atoms with Crippen molar-refractivity contribution in [2.75, 3.05) is 0 Å². The minimum atomic E-state index is -0.0228. The summed E-state index contributed by atoms with van der Waals surface area (Å²) in [5, 5.41) is 1.40. The SMILES string of the molecule is CC(N)C(Sc1ncco1)c1cccc(Cl)c1. The second kappa shape index (κ2) is 5.58. The Hall–Kier alpha value is -0.970. The number of hydrogen-bond acceptors (Lipinski definition) is 4. The molecule has 2 rings (SSSR count). The lowest BCUT2D eigenvalue weighted by molar-refractivity contribution is 0.452. The van der Waals surface area contributed by atoms with Crippen LogP contribution in [0.25, 0.3) is 0 Å². The van der Waals surface area contributed by atoms with Gasteiger partial charge in [0.25, 0.3) is 5.22 Å². The van der Waals surface area contributed by atoms with Crippen molar-refractivity contribution < 1.29 is 4.42 Å². The number of benzene rings is 1. The van der Waals surface area contributed by atoms with Crippen molar-refractivity contribution in [3.8, 4) is 0 Å². The van der Waals surface area contributed by atoms with Gasteiger partial charge in [0, 0.05) is 11.1 Å². The van der Waals surface area contributed by atoms with E-state index in [1.807, 2.05) is 31.2 Å². The van der Waals surface area contributed by atoms with Crippen molar-refractivity contribution >= 4 is 23.4 Å². The molecule has 90 valence electrons. The van der Waals surface area contributed by atoms with Gasteiger partial charge in [-0.3, -0.25) is 0 Å². The maximum Gasteiger partial charge on any atom is 0.256 e. The van der Waals surface area contributed by atoms with Gasteiger partial charge >= 0.3 is 0 Å². The van der Waals surface area contributed by atoms with E-state index in [0.29, 0.717) is 10.2 Å². The van der Waals surface area contributed by atoms with Crippen LogP contribution in [0.2, 0.25) is 5.02 Å². The number of thioether (sulfide) groups is 1. The molecule has 5 heteroatoms. The zero-order valence-electron chi connectivity index (χ0n) is 9.34. The molecule has 1 heterocycles. The maximum absolute atomic E-state index is 6.00. The fourth-order valence-electron chi connectivity index (χ4n) is 1.54. The van der Waals surface area contributed by atoms with Gasteiger partial charge in [-0.2, -0.15) is 0 Å².